The van der Waals surface area contributed by atoms with Crippen LogP contribution in [-0.4, -0.2) is 36.6 Å². The van der Waals surface area contributed by atoms with Crippen molar-refractivity contribution in [3.8, 4) is 5.75 Å². The Labute approximate surface area is 187 Å². The Kier molecular flexibility index (Phi) is 7.46. The molecular formula is C22H28ClN3O4S. The normalized spacial score (nSPS) is 13.0. The first kappa shape index (κ1) is 23.4. The standard InChI is InChI=1S/C22H28ClN3O4S/c1-14(2)22-17-9-8-16(13-19(17)24-25-22)30-11-5-4-6-21(27)15-7-10-18(23)20(12-15)26-31(3,28)29/h7-10,12-14,21,26-27H,4-6,11H2,1-3H3,(H,24,25)/t21-/m0/s1. The highest BCUT2D eigenvalue weighted by Gasteiger charge is 2.13. The largest absolute Gasteiger partial charge is 0.494 e. The molecule has 0 unspecified atom stereocenters. The van der Waals surface area contributed by atoms with Crippen LogP contribution in [0, 0.1) is 0 Å². The number of nitrogens with zero attached hydrogens (tertiary/aromatic N) is 1. The molecule has 0 fully saturated rings. The number of aromatic nitrogens is 2. The molecule has 3 N–H and O–H groups in total. The van der Waals surface area contributed by atoms with Crippen molar-refractivity contribution in [1.29, 1.82) is 0 Å². The highest BCUT2D eigenvalue weighted by atomic mass is 35.5. The maximum atomic E-state index is 11.4. The molecule has 31 heavy (non-hydrogen) atoms. The van der Waals surface area contributed by atoms with Crippen molar-refractivity contribution in [1.82, 2.24) is 10.2 Å². The van der Waals surface area contributed by atoms with Crippen LogP contribution in [0.1, 0.15) is 56.4 Å². The number of aliphatic hydroxyl groups is 1. The molecule has 3 aromatic rings. The van der Waals surface area contributed by atoms with Gasteiger partial charge in [-0.2, -0.15) is 5.10 Å². The number of rotatable bonds is 10. The summed E-state index contributed by atoms with van der Waals surface area (Å²) in [6, 6.07) is 10.7. The first-order valence-electron chi connectivity index (χ1n) is 10.2. The number of unbranched alkanes of at least 4 members (excludes halogenated alkanes) is 1. The summed E-state index contributed by atoms with van der Waals surface area (Å²) in [5.74, 6) is 1.14. The zero-order valence-corrected chi connectivity index (χ0v) is 19.4. The van der Waals surface area contributed by atoms with Gasteiger partial charge in [0.15, 0.2) is 0 Å². The third-order valence-corrected chi connectivity index (χ3v) is 5.86. The van der Waals surface area contributed by atoms with E-state index in [2.05, 4.69) is 28.8 Å². The molecule has 7 nitrogen and oxygen atoms in total. The van der Waals surface area contributed by atoms with Crippen LogP contribution >= 0.6 is 11.6 Å². The van der Waals surface area contributed by atoms with Gasteiger partial charge in [-0.25, -0.2) is 8.42 Å². The molecule has 0 aliphatic carbocycles. The van der Waals surface area contributed by atoms with Crippen LogP contribution in [0.2, 0.25) is 5.02 Å². The van der Waals surface area contributed by atoms with Gasteiger partial charge in [0, 0.05) is 17.1 Å². The van der Waals surface area contributed by atoms with E-state index in [0.29, 0.717) is 24.5 Å². The van der Waals surface area contributed by atoms with Crippen molar-refractivity contribution in [2.45, 2.75) is 45.1 Å². The molecule has 0 spiro atoms. The fraction of sp³-hybridized carbons (Fsp3) is 0.409. The van der Waals surface area contributed by atoms with Gasteiger partial charge < -0.3 is 9.84 Å². The highest BCUT2D eigenvalue weighted by Crippen LogP contribution is 2.29. The lowest BCUT2D eigenvalue weighted by Gasteiger charge is -2.14. The van der Waals surface area contributed by atoms with Crippen molar-refractivity contribution in [3.05, 3.63) is 52.7 Å². The number of aromatic amines is 1. The molecule has 0 amide bonds. The number of hydrogen-bond donors (Lipinski definition) is 3. The molecule has 0 bridgehead atoms. The van der Waals surface area contributed by atoms with Crippen molar-refractivity contribution >= 4 is 38.2 Å². The summed E-state index contributed by atoms with van der Waals surface area (Å²) >= 11 is 6.03. The number of halogens is 1. The number of hydrogen-bond acceptors (Lipinski definition) is 5. The topological polar surface area (TPSA) is 104 Å². The molecule has 9 heteroatoms. The zero-order valence-electron chi connectivity index (χ0n) is 17.9. The van der Waals surface area contributed by atoms with Gasteiger partial charge in [0.2, 0.25) is 10.0 Å². The molecule has 0 aliphatic heterocycles. The molecule has 1 aromatic heterocycles. The molecule has 1 atom stereocenters. The van der Waals surface area contributed by atoms with Crippen LogP contribution in [0.5, 0.6) is 5.75 Å². The van der Waals surface area contributed by atoms with E-state index < -0.39 is 16.1 Å². The Bertz CT molecular complexity index is 1140. The maximum absolute atomic E-state index is 11.4. The first-order valence-corrected chi connectivity index (χ1v) is 12.5. The Morgan fingerprint density at radius 1 is 1.19 bits per heavy atom. The fourth-order valence-corrected chi connectivity index (χ4v) is 4.16. The summed E-state index contributed by atoms with van der Waals surface area (Å²) < 4.78 is 31.1. The molecular weight excluding hydrogens is 438 g/mol. The molecule has 1 heterocycles. The lowest BCUT2D eigenvalue weighted by molar-refractivity contribution is 0.160. The Morgan fingerprint density at radius 2 is 1.97 bits per heavy atom. The van der Waals surface area contributed by atoms with Crippen LogP contribution < -0.4 is 9.46 Å². The second-order valence-electron chi connectivity index (χ2n) is 7.94. The second kappa shape index (κ2) is 9.89. The fourth-order valence-electron chi connectivity index (χ4n) is 3.37. The minimum atomic E-state index is -3.45. The summed E-state index contributed by atoms with van der Waals surface area (Å²) in [4.78, 5) is 0. The Hall–Kier alpha value is -2.29. The molecule has 3 rings (SSSR count). The number of sulfonamides is 1. The van der Waals surface area contributed by atoms with Gasteiger partial charge in [0.05, 0.1) is 35.2 Å². The molecule has 0 saturated heterocycles. The number of nitrogens with one attached hydrogen (secondary N) is 2. The van der Waals surface area contributed by atoms with E-state index in [1.807, 2.05) is 18.2 Å². The van der Waals surface area contributed by atoms with E-state index in [1.54, 1.807) is 18.2 Å². The average molecular weight is 466 g/mol. The van der Waals surface area contributed by atoms with Gasteiger partial charge in [-0.05, 0) is 55.0 Å². The monoisotopic (exact) mass is 465 g/mol. The quantitative estimate of drug-likeness (QED) is 0.366. The maximum Gasteiger partial charge on any atom is 0.229 e. The smallest absolute Gasteiger partial charge is 0.229 e. The Morgan fingerprint density at radius 3 is 2.68 bits per heavy atom. The van der Waals surface area contributed by atoms with Crippen LogP contribution in [0.25, 0.3) is 10.9 Å². The second-order valence-corrected chi connectivity index (χ2v) is 10.1. The number of fused-ring (bicyclic) bond motifs is 1. The van der Waals surface area contributed by atoms with Crippen LogP contribution in [0.4, 0.5) is 5.69 Å². The number of benzene rings is 2. The number of anilines is 1. The molecule has 168 valence electrons. The molecule has 0 aliphatic rings. The number of H-pyrrole nitrogens is 1. The van der Waals surface area contributed by atoms with Crippen LogP contribution in [-0.2, 0) is 10.0 Å². The predicted molar refractivity (Wildman–Crippen MR) is 124 cm³/mol. The van der Waals surface area contributed by atoms with Crippen molar-refractivity contribution in [2.75, 3.05) is 17.6 Å². The Balaban J connectivity index is 1.48. The van der Waals surface area contributed by atoms with E-state index in [-0.39, 0.29) is 10.7 Å². The van der Waals surface area contributed by atoms with Gasteiger partial charge in [0.25, 0.3) is 0 Å². The van der Waals surface area contributed by atoms with Crippen molar-refractivity contribution < 1.29 is 18.3 Å². The summed E-state index contributed by atoms with van der Waals surface area (Å²) in [7, 11) is -3.45. The van der Waals surface area contributed by atoms with Crippen LogP contribution in [0.3, 0.4) is 0 Å². The summed E-state index contributed by atoms with van der Waals surface area (Å²) in [6.07, 6.45) is 2.39. The van der Waals surface area contributed by atoms with E-state index in [0.717, 1.165) is 41.4 Å². The van der Waals surface area contributed by atoms with E-state index in [4.69, 9.17) is 16.3 Å². The molecule has 0 radical (unpaired) electrons. The molecule has 0 saturated carbocycles. The van der Waals surface area contributed by atoms with Crippen molar-refractivity contribution in [3.63, 3.8) is 0 Å². The first-order chi connectivity index (χ1) is 14.6. The lowest BCUT2D eigenvalue weighted by atomic mass is 10.0. The lowest BCUT2D eigenvalue weighted by Crippen LogP contribution is -2.10. The summed E-state index contributed by atoms with van der Waals surface area (Å²) in [5.41, 5.74) is 2.88. The third kappa shape index (κ3) is 6.35. The minimum Gasteiger partial charge on any atom is -0.494 e. The summed E-state index contributed by atoms with van der Waals surface area (Å²) in [6.45, 7) is 4.78. The van der Waals surface area contributed by atoms with Crippen molar-refractivity contribution in [2.24, 2.45) is 0 Å². The number of ether oxygens (including phenoxy) is 1. The van der Waals surface area contributed by atoms with Gasteiger partial charge in [-0.1, -0.05) is 31.5 Å². The van der Waals surface area contributed by atoms with Crippen LogP contribution in [0.15, 0.2) is 36.4 Å². The van der Waals surface area contributed by atoms with E-state index >= 15 is 0 Å². The predicted octanol–water partition coefficient (Wildman–Crippen LogP) is 4.99. The number of aliphatic hydroxyl groups excluding tert-OH is 1. The SMILES string of the molecule is CC(C)c1[nH]nc2cc(OCCCC[C@H](O)c3ccc(Cl)c(NS(C)(=O)=O)c3)ccc12. The summed E-state index contributed by atoms with van der Waals surface area (Å²) in [5, 5.41) is 19.3. The van der Waals surface area contributed by atoms with Gasteiger partial charge in [0.1, 0.15) is 5.75 Å². The zero-order chi connectivity index (χ0) is 22.6. The highest BCUT2D eigenvalue weighted by molar-refractivity contribution is 7.92. The third-order valence-electron chi connectivity index (χ3n) is 4.94. The average Bonchev–Trinajstić information content (AvgIpc) is 3.11. The molecule has 2 aromatic carbocycles. The van der Waals surface area contributed by atoms with Gasteiger partial charge in [-0.3, -0.25) is 9.82 Å². The van der Waals surface area contributed by atoms with E-state index in [1.165, 1.54) is 0 Å². The van der Waals surface area contributed by atoms with Gasteiger partial charge >= 0.3 is 0 Å². The van der Waals surface area contributed by atoms with E-state index in [9.17, 15) is 13.5 Å². The van der Waals surface area contributed by atoms with Gasteiger partial charge in [-0.15, -0.1) is 0 Å². The minimum absolute atomic E-state index is 0.262.